The second kappa shape index (κ2) is 9.90. The van der Waals surface area contributed by atoms with Crippen molar-refractivity contribution in [2.45, 2.75) is 51.9 Å². The molecule has 8 nitrogen and oxygen atoms in total. The van der Waals surface area contributed by atoms with Crippen molar-refractivity contribution in [3.8, 4) is 16.9 Å². The number of aliphatic hydroxyl groups is 2. The highest BCUT2D eigenvalue weighted by Gasteiger charge is 2.32. The second-order valence-corrected chi connectivity index (χ2v) is 8.93. The Bertz CT molecular complexity index is 1240. The topological polar surface area (TPSA) is 108 Å². The molecule has 3 rings (SSSR count). The number of halogens is 5. The van der Waals surface area contributed by atoms with E-state index in [1.165, 1.54) is 18.2 Å². The first-order valence-corrected chi connectivity index (χ1v) is 10.6. The predicted molar refractivity (Wildman–Crippen MR) is 118 cm³/mol. The molecule has 0 bridgehead atoms. The molecule has 13 heteroatoms. The largest absolute Gasteiger partial charge is 0.573 e. The molecule has 0 radical (unpaired) electrons. The Hall–Kier alpha value is -3.45. The van der Waals surface area contributed by atoms with Gasteiger partial charge >= 0.3 is 19.0 Å². The minimum Gasteiger partial charge on any atom is -0.465 e. The Morgan fingerprint density at radius 1 is 1.17 bits per heavy atom. The van der Waals surface area contributed by atoms with Crippen molar-refractivity contribution < 1.29 is 46.8 Å². The average Bonchev–Trinajstić information content (AvgIpc) is 3.20. The molecular formula is C23H24F5N3O5. The van der Waals surface area contributed by atoms with Gasteiger partial charge < -0.3 is 20.1 Å². The number of hydrogen-bond acceptors (Lipinski definition) is 5. The van der Waals surface area contributed by atoms with E-state index in [0.29, 0.717) is 4.57 Å². The molecule has 36 heavy (non-hydrogen) atoms. The number of nitrogens with zero attached hydrogens (tertiary/aromatic N) is 3. The minimum absolute atomic E-state index is 0.0244. The summed E-state index contributed by atoms with van der Waals surface area (Å²) >= 11 is 0. The highest BCUT2D eigenvalue weighted by atomic mass is 19.4. The van der Waals surface area contributed by atoms with Crippen LogP contribution in [0.25, 0.3) is 22.2 Å². The number of alkyl halides is 5. The third-order valence-corrected chi connectivity index (χ3v) is 5.45. The smallest absolute Gasteiger partial charge is 0.465 e. The molecule has 0 spiro atoms. The van der Waals surface area contributed by atoms with Gasteiger partial charge in [-0.2, -0.15) is 8.78 Å². The van der Waals surface area contributed by atoms with Gasteiger partial charge in [0.2, 0.25) is 0 Å². The Kier molecular flexibility index (Phi) is 7.46. The maximum absolute atomic E-state index is 13.9. The molecule has 1 unspecified atom stereocenters. The van der Waals surface area contributed by atoms with Gasteiger partial charge in [0.05, 0.1) is 17.6 Å². The number of carbonyl (C=O) groups is 1. The van der Waals surface area contributed by atoms with Crippen LogP contribution < -0.4 is 4.74 Å². The normalized spacial score (nSPS) is 13.3. The number of fused-ring (bicyclic) bond motifs is 1. The standard InChI is InChI=1S/C23H24F5N3O5/c1-22(2,3)31(21(34)35)9-13-8-15(12-4-6-14(7-5-12)36-23(26,27)28)18-19(17(13)16(33)10-32)30(11-29-18)20(24)25/h4-8,11,16,20,32-33H,9-10H2,1-3H3,(H,34,35). The number of imidazole rings is 1. The fraction of sp³-hybridized carbons (Fsp3) is 0.391. The van der Waals surface area contributed by atoms with E-state index >= 15 is 0 Å². The van der Waals surface area contributed by atoms with Gasteiger partial charge in [0.15, 0.2) is 0 Å². The lowest BCUT2D eigenvalue weighted by Crippen LogP contribution is -2.44. The van der Waals surface area contributed by atoms with Gasteiger partial charge in [-0.3, -0.25) is 9.47 Å². The van der Waals surface area contributed by atoms with Crippen molar-refractivity contribution >= 4 is 17.1 Å². The van der Waals surface area contributed by atoms with Gasteiger partial charge in [-0.1, -0.05) is 12.1 Å². The molecule has 0 aliphatic heterocycles. The second-order valence-electron chi connectivity index (χ2n) is 8.93. The van der Waals surface area contributed by atoms with Crippen LogP contribution in [-0.4, -0.2) is 54.4 Å². The maximum atomic E-state index is 13.9. The highest BCUT2D eigenvalue weighted by Crippen LogP contribution is 2.39. The number of rotatable bonds is 7. The van der Waals surface area contributed by atoms with Crippen LogP contribution in [0.1, 0.15) is 44.6 Å². The van der Waals surface area contributed by atoms with Crippen LogP contribution in [0.3, 0.4) is 0 Å². The summed E-state index contributed by atoms with van der Waals surface area (Å²) in [5, 5.41) is 30.0. The van der Waals surface area contributed by atoms with E-state index in [4.69, 9.17) is 0 Å². The molecule has 2 aromatic carbocycles. The summed E-state index contributed by atoms with van der Waals surface area (Å²) in [5.74, 6) is -0.502. The molecule has 1 amide bonds. The Morgan fingerprint density at radius 3 is 2.25 bits per heavy atom. The van der Waals surface area contributed by atoms with Crippen LogP contribution in [0.5, 0.6) is 5.75 Å². The van der Waals surface area contributed by atoms with E-state index in [1.54, 1.807) is 20.8 Å². The molecule has 0 aliphatic rings. The third kappa shape index (κ3) is 5.68. The summed E-state index contributed by atoms with van der Waals surface area (Å²) in [6, 6.07) is 6.02. The lowest BCUT2D eigenvalue weighted by atomic mass is 9.92. The monoisotopic (exact) mass is 517 g/mol. The van der Waals surface area contributed by atoms with E-state index in [1.807, 2.05) is 0 Å². The van der Waals surface area contributed by atoms with E-state index < -0.39 is 43.0 Å². The summed E-state index contributed by atoms with van der Waals surface area (Å²) in [6.45, 7) is 0.561. The first-order chi connectivity index (χ1) is 16.6. The molecule has 0 fully saturated rings. The third-order valence-electron chi connectivity index (χ3n) is 5.45. The number of carboxylic acid groups (broad SMARTS) is 1. The van der Waals surface area contributed by atoms with E-state index in [-0.39, 0.29) is 39.8 Å². The van der Waals surface area contributed by atoms with Crippen molar-refractivity contribution in [2.24, 2.45) is 0 Å². The van der Waals surface area contributed by atoms with Crippen LogP contribution in [0.2, 0.25) is 0 Å². The molecule has 0 saturated carbocycles. The molecule has 196 valence electrons. The van der Waals surface area contributed by atoms with Crippen LogP contribution in [0, 0.1) is 0 Å². The Balaban J connectivity index is 2.30. The SMILES string of the molecule is CC(C)(C)N(Cc1cc(-c2ccc(OC(F)(F)F)cc2)c2ncn(C(F)F)c2c1C(O)CO)C(=O)O. The van der Waals surface area contributed by atoms with E-state index in [0.717, 1.165) is 23.4 Å². The zero-order valence-corrected chi connectivity index (χ0v) is 19.4. The number of hydrogen-bond donors (Lipinski definition) is 3. The van der Waals surface area contributed by atoms with Gasteiger partial charge in [-0.25, -0.2) is 9.78 Å². The zero-order chi connectivity index (χ0) is 27.0. The number of amides is 1. The lowest BCUT2D eigenvalue weighted by molar-refractivity contribution is -0.274. The maximum Gasteiger partial charge on any atom is 0.573 e. The van der Waals surface area contributed by atoms with Crippen molar-refractivity contribution in [2.75, 3.05) is 6.61 Å². The van der Waals surface area contributed by atoms with Gasteiger partial charge in [0, 0.05) is 23.2 Å². The molecule has 1 heterocycles. The number of benzene rings is 2. The summed E-state index contributed by atoms with van der Waals surface area (Å²) < 4.78 is 69.7. The Morgan fingerprint density at radius 2 is 1.78 bits per heavy atom. The van der Waals surface area contributed by atoms with E-state index in [9.17, 15) is 42.1 Å². The summed E-state index contributed by atoms with van der Waals surface area (Å²) in [7, 11) is 0. The fourth-order valence-corrected chi connectivity index (χ4v) is 3.86. The quantitative estimate of drug-likeness (QED) is 0.367. The minimum atomic E-state index is -4.91. The van der Waals surface area contributed by atoms with Crippen molar-refractivity contribution in [1.82, 2.24) is 14.5 Å². The van der Waals surface area contributed by atoms with Crippen LogP contribution in [-0.2, 0) is 6.54 Å². The summed E-state index contributed by atoms with van der Waals surface area (Å²) in [5.41, 5.74) is -0.750. The van der Waals surface area contributed by atoms with Crippen molar-refractivity contribution in [3.63, 3.8) is 0 Å². The first-order valence-electron chi connectivity index (χ1n) is 10.6. The van der Waals surface area contributed by atoms with Crippen LogP contribution in [0.4, 0.5) is 26.7 Å². The van der Waals surface area contributed by atoms with Crippen molar-refractivity contribution in [1.29, 1.82) is 0 Å². The molecule has 1 aromatic heterocycles. The number of aliphatic hydroxyl groups excluding tert-OH is 2. The van der Waals surface area contributed by atoms with Crippen LogP contribution >= 0.6 is 0 Å². The van der Waals surface area contributed by atoms with Gasteiger partial charge in [0.25, 0.3) is 0 Å². The summed E-state index contributed by atoms with van der Waals surface area (Å²) in [6.07, 6.45) is -7.04. The molecule has 0 saturated heterocycles. The number of ether oxygens (including phenoxy) is 1. The summed E-state index contributed by atoms with van der Waals surface area (Å²) in [4.78, 5) is 17.0. The van der Waals surface area contributed by atoms with Gasteiger partial charge in [0.1, 0.15) is 18.2 Å². The molecule has 3 aromatic rings. The highest BCUT2D eigenvalue weighted by molar-refractivity contribution is 5.95. The molecule has 3 N–H and O–H groups in total. The van der Waals surface area contributed by atoms with Gasteiger partial charge in [-0.05, 0) is 50.1 Å². The molecule has 0 aliphatic carbocycles. The predicted octanol–water partition coefficient (Wildman–Crippen LogP) is 5.30. The van der Waals surface area contributed by atoms with E-state index in [2.05, 4.69) is 9.72 Å². The lowest BCUT2D eigenvalue weighted by Gasteiger charge is -2.34. The first kappa shape index (κ1) is 27.1. The zero-order valence-electron chi connectivity index (χ0n) is 19.4. The Labute approximate surface area is 202 Å². The molecular weight excluding hydrogens is 493 g/mol. The molecule has 1 atom stereocenters. The van der Waals surface area contributed by atoms with Crippen LogP contribution in [0.15, 0.2) is 36.7 Å². The average molecular weight is 517 g/mol. The fourth-order valence-electron chi connectivity index (χ4n) is 3.86. The van der Waals surface area contributed by atoms with Crippen molar-refractivity contribution in [3.05, 3.63) is 47.8 Å². The number of aromatic nitrogens is 2. The van der Waals surface area contributed by atoms with Gasteiger partial charge in [-0.15, -0.1) is 13.2 Å².